The highest BCUT2D eigenvalue weighted by molar-refractivity contribution is 5.30. The first-order valence-electron chi connectivity index (χ1n) is 7.59. The number of hydrogen-bond donors (Lipinski definition) is 1. The molecular weight excluding hydrogens is 232 g/mol. The molecule has 0 saturated heterocycles. The van der Waals surface area contributed by atoms with Crippen molar-refractivity contribution in [3.8, 4) is 0 Å². The summed E-state index contributed by atoms with van der Waals surface area (Å²) in [7, 11) is 0. The van der Waals surface area contributed by atoms with Crippen LogP contribution < -0.4 is 0 Å². The van der Waals surface area contributed by atoms with Crippen LogP contribution >= 0.6 is 0 Å². The molecule has 1 aromatic carbocycles. The van der Waals surface area contributed by atoms with Crippen LogP contribution in [0.25, 0.3) is 0 Å². The molecule has 1 heteroatoms. The average Bonchev–Trinajstić information content (AvgIpc) is 2.44. The molecule has 0 amide bonds. The minimum absolute atomic E-state index is 0.277. The maximum Gasteiger partial charge on any atom is 0.0781 e. The van der Waals surface area contributed by atoms with Crippen molar-refractivity contribution < 1.29 is 5.11 Å². The van der Waals surface area contributed by atoms with Gasteiger partial charge in [-0.2, -0.15) is 0 Å². The monoisotopic (exact) mass is 256 g/mol. The van der Waals surface area contributed by atoms with E-state index in [9.17, 15) is 5.11 Å². The van der Waals surface area contributed by atoms with Gasteiger partial charge in [0, 0.05) is 11.8 Å². The predicted octanol–water partition coefficient (Wildman–Crippen LogP) is 4.29. The third kappa shape index (κ3) is 2.04. The van der Waals surface area contributed by atoms with E-state index in [0.717, 1.165) is 25.7 Å². The highest BCUT2D eigenvalue weighted by atomic mass is 16.3. The summed E-state index contributed by atoms with van der Waals surface area (Å²) in [6, 6.07) is 10.6. The van der Waals surface area contributed by atoms with Gasteiger partial charge in [-0.3, -0.25) is 0 Å². The molecule has 1 N–H and O–H groups in total. The lowest BCUT2D eigenvalue weighted by molar-refractivity contribution is -0.0784. The third-order valence-electron chi connectivity index (χ3n) is 5.40. The summed E-state index contributed by atoms with van der Waals surface area (Å²) in [6.45, 7) is 6.56. The van der Waals surface area contributed by atoms with Crippen LogP contribution in [0.15, 0.2) is 42.5 Å². The minimum atomic E-state index is -0.552. The molecule has 4 unspecified atom stereocenters. The van der Waals surface area contributed by atoms with E-state index in [2.05, 4.69) is 43.8 Å². The lowest BCUT2D eigenvalue weighted by Crippen LogP contribution is -2.51. The van der Waals surface area contributed by atoms with Crippen LogP contribution in [0.5, 0.6) is 0 Å². The van der Waals surface area contributed by atoms with Crippen LogP contribution in [0.4, 0.5) is 0 Å². The standard InChI is InChI=1S/C18H24O/c1-13-12-17(15-8-4-3-5-9-15)18(19)11-7-6-10-16(18)14(13)2/h3-5,8-9,13,16-17,19H,2,6-7,10-12H2,1H3. The van der Waals surface area contributed by atoms with Crippen molar-refractivity contribution in [2.75, 3.05) is 0 Å². The number of hydrogen-bond acceptors (Lipinski definition) is 1. The van der Waals surface area contributed by atoms with Crippen LogP contribution in [0.2, 0.25) is 0 Å². The first kappa shape index (κ1) is 12.9. The van der Waals surface area contributed by atoms with E-state index < -0.39 is 5.60 Å². The van der Waals surface area contributed by atoms with E-state index >= 15 is 0 Å². The predicted molar refractivity (Wildman–Crippen MR) is 79.0 cm³/mol. The molecule has 0 bridgehead atoms. The van der Waals surface area contributed by atoms with Gasteiger partial charge >= 0.3 is 0 Å². The first-order chi connectivity index (χ1) is 9.13. The Kier molecular flexibility index (Phi) is 3.26. The molecule has 102 valence electrons. The maximum atomic E-state index is 11.3. The maximum absolute atomic E-state index is 11.3. The van der Waals surface area contributed by atoms with Gasteiger partial charge in [0.05, 0.1) is 5.60 Å². The fourth-order valence-corrected chi connectivity index (χ4v) is 4.27. The van der Waals surface area contributed by atoms with Gasteiger partial charge in [-0.15, -0.1) is 0 Å². The molecule has 4 atom stereocenters. The van der Waals surface area contributed by atoms with Crippen LogP contribution in [-0.4, -0.2) is 10.7 Å². The Bertz CT molecular complexity index is 464. The van der Waals surface area contributed by atoms with Gasteiger partial charge in [-0.05, 0) is 30.7 Å². The quantitative estimate of drug-likeness (QED) is 0.743. The summed E-state index contributed by atoms with van der Waals surface area (Å²) in [6.07, 6.45) is 5.47. The van der Waals surface area contributed by atoms with Gasteiger partial charge in [0.1, 0.15) is 0 Å². The Hall–Kier alpha value is -1.08. The van der Waals surface area contributed by atoms with E-state index in [1.807, 2.05) is 0 Å². The zero-order valence-corrected chi connectivity index (χ0v) is 11.8. The zero-order valence-electron chi connectivity index (χ0n) is 11.8. The van der Waals surface area contributed by atoms with E-state index in [1.54, 1.807) is 0 Å². The summed E-state index contributed by atoms with van der Waals surface area (Å²) < 4.78 is 0. The lowest BCUT2D eigenvalue weighted by atomic mass is 9.56. The minimum Gasteiger partial charge on any atom is -0.389 e. The molecule has 2 fully saturated rings. The highest BCUT2D eigenvalue weighted by Crippen LogP contribution is 2.54. The van der Waals surface area contributed by atoms with Crippen molar-refractivity contribution >= 4 is 0 Å². The SMILES string of the molecule is C=C1C(C)CC(c2ccccc2)C2(O)CCCCC12. The van der Waals surface area contributed by atoms with Crippen molar-refractivity contribution in [2.24, 2.45) is 11.8 Å². The van der Waals surface area contributed by atoms with Crippen molar-refractivity contribution in [2.45, 2.75) is 50.5 Å². The summed E-state index contributed by atoms with van der Waals surface area (Å²) in [5, 5.41) is 11.3. The van der Waals surface area contributed by atoms with Crippen LogP contribution in [0.1, 0.15) is 50.5 Å². The van der Waals surface area contributed by atoms with Crippen molar-refractivity contribution in [3.63, 3.8) is 0 Å². The molecule has 0 spiro atoms. The molecule has 2 aliphatic carbocycles. The van der Waals surface area contributed by atoms with Gasteiger partial charge < -0.3 is 5.11 Å². The van der Waals surface area contributed by atoms with E-state index in [1.165, 1.54) is 17.6 Å². The fraction of sp³-hybridized carbons (Fsp3) is 0.556. The molecular formula is C18H24O. The highest BCUT2D eigenvalue weighted by Gasteiger charge is 2.51. The second-order valence-corrected chi connectivity index (χ2v) is 6.46. The molecule has 19 heavy (non-hydrogen) atoms. The van der Waals surface area contributed by atoms with Crippen LogP contribution in [-0.2, 0) is 0 Å². The van der Waals surface area contributed by atoms with Crippen LogP contribution in [0, 0.1) is 11.8 Å². The van der Waals surface area contributed by atoms with Gasteiger partial charge in [0.15, 0.2) is 0 Å². The normalized spacial score (nSPS) is 38.8. The van der Waals surface area contributed by atoms with Crippen molar-refractivity contribution in [1.29, 1.82) is 0 Å². The second kappa shape index (κ2) is 4.79. The fourth-order valence-electron chi connectivity index (χ4n) is 4.27. The van der Waals surface area contributed by atoms with Gasteiger partial charge in [-0.1, -0.05) is 62.2 Å². The Balaban J connectivity index is 2.01. The lowest BCUT2D eigenvalue weighted by Gasteiger charge is -2.52. The zero-order chi connectivity index (χ0) is 13.5. The van der Waals surface area contributed by atoms with Crippen molar-refractivity contribution in [3.05, 3.63) is 48.0 Å². The van der Waals surface area contributed by atoms with Crippen molar-refractivity contribution in [1.82, 2.24) is 0 Å². The van der Waals surface area contributed by atoms with Crippen LogP contribution in [0.3, 0.4) is 0 Å². The van der Waals surface area contributed by atoms with Gasteiger partial charge in [0.2, 0.25) is 0 Å². The van der Waals surface area contributed by atoms with E-state index in [0.29, 0.717) is 11.8 Å². The van der Waals surface area contributed by atoms with Gasteiger partial charge in [-0.25, -0.2) is 0 Å². The summed E-state index contributed by atoms with van der Waals surface area (Å²) >= 11 is 0. The molecule has 1 nitrogen and oxygen atoms in total. The third-order valence-corrected chi connectivity index (χ3v) is 5.40. The second-order valence-electron chi connectivity index (χ2n) is 6.46. The molecule has 2 aliphatic rings. The van der Waals surface area contributed by atoms with E-state index in [-0.39, 0.29) is 5.92 Å². The molecule has 0 aromatic heterocycles. The summed E-state index contributed by atoms with van der Waals surface area (Å²) in [4.78, 5) is 0. The van der Waals surface area contributed by atoms with E-state index in [4.69, 9.17) is 0 Å². The number of benzene rings is 1. The van der Waals surface area contributed by atoms with Gasteiger partial charge in [0.25, 0.3) is 0 Å². The Labute approximate surface area is 116 Å². The average molecular weight is 256 g/mol. The summed E-state index contributed by atoms with van der Waals surface area (Å²) in [5.74, 6) is 1.10. The topological polar surface area (TPSA) is 20.2 Å². The largest absolute Gasteiger partial charge is 0.389 e. The number of aliphatic hydroxyl groups is 1. The first-order valence-corrected chi connectivity index (χ1v) is 7.59. The number of fused-ring (bicyclic) bond motifs is 1. The number of rotatable bonds is 1. The smallest absolute Gasteiger partial charge is 0.0781 e. The Morgan fingerprint density at radius 3 is 2.63 bits per heavy atom. The Morgan fingerprint density at radius 2 is 1.89 bits per heavy atom. The molecule has 1 aromatic rings. The molecule has 0 heterocycles. The Morgan fingerprint density at radius 1 is 1.16 bits per heavy atom. The molecule has 3 rings (SSSR count). The summed E-state index contributed by atoms with van der Waals surface area (Å²) in [5.41, 5.74) is 2.04. The molecule has 0 radical (unpaired) electrons. The molecule has 2 saturated carbocycles. The molecule has 0 aliphatic heterocycles.